The Morgan fingerprint density at radius 1 is 1.31 bits per heavy atom. The van der Waals surface area contributed by atoms with Gasteiger partial charge in [0.25, 0.3) is 5.91 Å². The first-order valence-electron chi connectivity index (χ1n) is 6.80. The quantitative estimate of drug-likeness (QED) is 0.364. The summed E-state index contributed by atoms with van der Waals surface area (Å²) in [5, 5.41) is 14.1. The monoisotopic (exact) mass is 431 g/mol. The largest absolute Gasteiger partial charge is 0.451 e. The van der Waals surface area contributed by atoms with E-state index in [-0.39, 0.29) is 20.0 Å². The molecule has 0 fully saturated rings. The Morgan fingerprint density at radius 3 is 2.77 bits per heavy atom. The fourth-order valence-corrected chi connectivity index (χ4v) is 4.26. The number of carbonyl (C=O) groups excluding carboxylic acids is 2. The molecule has 0 bridgehead atoms. The number of aromatic nitrogens is 1. The van der Waals surface area contributed by atoms with Gasteiger partial charge in [0.05, 0.1) is 9.95 Å². The second-order valence-corrected chi connectivity index (χ2v) is 7.65. The van der Waals surface area contributed by atoms with Gasteiger partial charge in [-0.15, -0.1) is 11.3 Å². The number of hydrogen-bond donors (Lipinski definition) is 1. The third kappa shape index (κ3) is 3.93. The lowest BCUT2D eigenvalue weighted by atomic mass is 10.2. The molecule has 3 aromatic rings. The van der Waals surface area contributed by atoms with Gasteiger partial charge in [-0.2, -0.15) is 0 Å². The Balaban J connectivity index is 1.64. The Hall–Kier alpha value is -2.27. The Kier molecular flexibility index (Phi) is 5.37. The highest BCUT2D eigenvalue weighted by atomic mass is 35.5. The molecule has 8 nitrogen and oxygen atoms in total. The van der Waals surface area contributed by atoms with Crippen LogP contribution in [0.15, 0.2) is 24.4 Å². The predicted molar refractivity (Wildman–Crippen MR) is 99.5 cm³/mol. The van der Waals surface area contributed by atoms with Crippen LogP contribution in [0.5, 0.6) is 0 Å². The van der Waals surface area contributed by atoms with Crippen LogP contribution in [0.2, 0.25) is 10.0 Å². The van der Waals surface area contributed by atoms with Crippen molar-refractivity contribution in [1.29, 1.82) is 0 Å². The Morgan fingerprint density at radius 2 is 2.08 bits per heavy atom. The molecule has 0 aliphatic heterocycles. The summed E-state index contributed by atoms with van der Waals surface area (Å²) in [6.07, 6.45) is 1.02. The molecule has 134 valence electrons. The van der Waals surface area contributed by atoms with Crippen molar-refractivity contribution < 1.29 is 19.2 Å². The highest BCUT2D eigenvalue weighted by molar-refractivity contribution is 7.21. The molecule has 2 aromatic heterocycles. The van der Waals surface area contributed by atoms with Crippen LogP contribution in [0.3, 0.4) is 0 Å². The molecule has 0 saturated heterocycles. The maximum atomic E-state index is 12.2. The lowest BCUT2D eigenvalue weighted by Crippen LogP contribution is -2.20. The molecule has 0 unspecified atom stereocenters. The van der Waals surface area contributed by atoms with Gasteiger partial charge in [-0.05, 0) is 23.5 Å². The number of nitrogens with zero attached hydrogens (tertiary/aromatic N) is 2. The number of rotatable bonds is 5. The molecule has 12 heteroatoms. The Bertz CT molecular complexity index is 1030. The van der Waals surface area contributed by atoms with Crippen LogP contribution < -0.4 is 5.32 Å². The molecule has 1 amide bonds. The van der Waals surface area contributed by atoms with Crippen LogP contribution in [0.1, 0.15) is 9.67 Å². The number of ether oxygens (including phenoxy) is 1. The summed E-state index contributed by atoms with van der Waals surface area (Å²) in [5.74, 6) is -1.43. The highest BCUT2D eigenvalue weighted by Crippen LogP contribution is 2.37. The smallest absolute Gasteiger partial charge is 0.350 e. The fourth-order valence-electron chi connectivity index (χ4n) is 1.93. The zero-order valence-corrected chi connectivity index (χ0v) is 15.7. The number of anilines is 1. The third-order valence-electron chi connectivity index (χ3n) is 3.03. The van der Waals surface area contributed by atoms with E-state index < -0.39 is 23.4 Å². The van der Waals surface area contributed by atoms with Crippen LogP contribution in [-0.4, -0.2) is 28.4 Å². The summed E-state index contributed by atoms with van der Waals surface area (Å²) >= 11 is 13.9. The summed E-state index contributed by atoms with van der Waals surface area (Å²) in [6, 6.07) is 5.01. The van der Waals surface area contributed by atoms with E-state index >= 15 is 0 Å². The molecule has 0 atom stereocenters. The number of thiazole rings is 1. The molecule has 2 heterocycles. The SMILES string of the molecule is O=C(COC(=O)c1sc2cc(Cl)ccc2c1Cl)Nc1ncc([N+](=O)[O-])s1. The average molecular weight is 432 g/mol. The number of nitrogens with one attached hydrogen (secondary N) is 1. The van der Waals surface area contributed by atoms with Crippen molar-refractivity contribution in [3.05, 3.63) is 49.4 Å². The van der Waals surface area contributed by atoms with E-state index in [1.165, 1.54) is 0 Å². The van der Waals surface area contributed by atoms with E-state index in [9.17, 15) is 19.7 Å². The molecule has 1 aromatic carbocycles. The van der Waals surface area contributed by atoms with Gasteiger partial charge in [-0.1, -0.05) is 29.3 Å². The van der Waals surface area contributed by atoms with Crippen molar-refractivity contribution in [2.45, 2.75) is 0 Å². The molecule has 3 rings (SSSR count). The van der Waals surface area contributed by atoms with E-state index in [0.29, 0.717) is 26.4 Å². The van der Waals surface area contributed by atoms with Gasteiger partial charge in [-0.3, -0.25) is 20.2 Å². The summed E-state index contributed by atoms with van der Waals surface area (Å²) < 4.78 is 5.66. The van der Waals surface area contributed by atoms with Crippen molar-refractivity contribution in [3.8, 4) is 0 Å². The number of hydrogen-bond acceptors (Lipinski definition) is 8. The third-order valence-corrected chi connectivity index (χ3v) is 5.77. The number of amides is 1. The van der Waals surface area contributed by atoms with E-state index in [0.717, 1.165) is 17.5 Å². The normalized spacial score (nSPS) is 10.7. The van der Waals surface area contributed by atoms with E-state index in [1.807, 2.05) is 0 Å². The lowest BCUT2D eigenvalue weighted by Gasteiger charge is -2.03. The van der Waals surface area contributed by atoms with Gasteiger partial charge in [0.1, 0.15) is 11.1 Å². The number of carbonyl (C=O) groups is 2. The second-order valence-electron chi connectivity index (χ2n) is 4.77. The molecule has 1 N–H and O–H groups in total. The second kappa shape index (κ2) is 7.54. The average Bonchev–Trinajstić information content (AvgIpc) is 3.17. The van der Waals surface area contributed by atoms with Crippen molar-refractivity contribution in [1.82, 2.24) is 4.98 Å². The molecule has 0 spiro atoms. The zero-order valence-electron chi connectivity index (χ0n) is 12.5. The molecular formula is C14H7Cl2N3O5S2. The summed E-state index contributed by atoms with van der Waals surface area (Å²) in [6.45, 7) is -0.586. The molecular weight excluding hydrogens is 425 g/mol. The van der Waals surface area contributed by atoms with Gasteiger partial charge >= 0.3 is 11.0 Å². The van der Waals surface area contributed by atoms with Crippen LogP contribution in [-0.2, 0) is 9.53 Å². The standard InChI is InChI=1S/C14H7Cl2N3O5S2/c15-6-1-2-7-8(3-6)25-12(11(7)16)13(21)24-5-9(20)18-14-17-4-10(26-14)19(22)23/h1-4H,5H2,(H,17,18,20). The molecule has 0 saturated carbocycles. The van der Waals surface area contributed by atoms with Crippen molar-refractivity contribution in [2.75, 3.05) is 11.9 Å². The van der Waals surface area contributed by atoms with Crippen LogP contribution in [0.25, 0.3) is 10.1 Å². The summed E-state index contributed by atoms with van der Waals surface area (Å²) in [7, 11) is 0. The minimum atomic E-state index is -0.757. The van der Waals surface area contributed by atoms with Gasteiger partial charge in [0, 0.05) is 15.1 Å². The maximum absolute atomic E-state index is 12.2. The van der Waals surface area contributed by atoms with Crippen LogP contribution in [0.4, 0.5) is 10.1 Å². The van der Waals surface area contributed by atoms with Crippen molar-refractivity contribution in [3.63, 3.8) is 0 Å². The summed E-state index contributed by atoms with van der Waals surface area (Å²) in [4.78, 5) is 37.7. The first-order chi connectivity index (χ1) is 12.3. The van der Waals surface area contributed by atoms with Gasteiger partial charge in [0.15, 0.2) is 11.7 Å². The molecule has 0 aliphatic carbocycles. The Labute approximate surface area is 163 Å². The maximum Gasteiger partial charge on any atom is 0.350 e. The number of nitro groups is 1. The van der Waals surface area contributed by atoms with E-state index in [2.05, 4.69) is 10.3 Å². The molecule has 26 heavy (non-hydrogen) atoms. The first-order valence-corrected chi connectivity index (χ1v) is 9.19. The van der Waals surface area contributed by atoms with Gasteiger partial charge in [-0.25, -0.2) is 9.78 Å². The number of fused-ring (bicyclic) bond motifs is 1. The molecule has 0 radical (unpaired) electrons. The van der Waals surface area contributed by atoms with E-state index in [1.54, 1.807) is 18.2 Å². The minimum absolute atomic E-state index is 0.0345. The zero-order chi connectivity index (χ0) is 18.8. The minimum Gasteiger partial charge on any atom is -0.451 e. The number of benzene rings is 1. The van der Waals surface area contributed by atoms with Crippen LogP contribution in [0, 0.1) is 10.1 Å². The first kappa shape index (κ1) is 18.5. The highest BCUT2D eigenvalue weighted by Gasteiger charge is 2.20. The van der Waals surface area contributed by atoms with Crippen molar-refractivity contribution >= 4 is 78.0 Å². The summed E-state index contributed by atoms with van der Waals surface area (Å²) in [5.41, 5.74) is 0. The number of halogens is 2. The molecule has 0 aliphatic rings. The van der Waals surface area contributed by atoms with Crippen LogP contribution >= 0.6 is 45.9 Å². The van der Waals surface area contributed by atoms with Gasteiger partial charge < -0.3 is 4.74 Å². The topological polar surface area (TPSA) is 111 Å². The van der Waals surface area contributed by atoms with Gasteiger partial charge in [0.2, 0.25) is 0 Å². The number of thiophene rings is 1. The lowest BCUT2D eigenvalue weighted by molar-refractivity contribution is -0.380. The predicted octanol–water partition coefficient (Wildman–Crippen LogP) is 4.37. The van der Waals surface area contributed by atoms with Crippen molar-refractivity contribution in [2.24, 2.45) is 0 Å². The number of esters is 1. The van der Waals surface area contributed by atoms with E-state index in [4.69, 9.17) is 27.9 Å². The fraction of sp³-hybridized carbons (Fsp3) is 0.0714.